The van der Waals surface area contributed by atoms with Crippen LogP contribution in [0.2, 0.25) is 0 Å². The lowest BCUT2D eigenvalue weighted by Gasteiger charge is -2.05. The fourth-order valence-corrected chi connectivity index (χ4v) is 2.63. The van der Waals surface area contributed by atoms with Gasteiger partial charge in [0.25, 0.3) is 5.91 Å². The van der Waals surface area contributed by atoms with E-state index in [0.29, 0.717) is 17.0 Å². The first-order chi connectivity index (χ1) is 12.6. The Morgan fingerprint density at radius 3 is 2.54 bits per heavy atom. The molecule has 1 aromatic carbocycles. The van der Waals surface area contributed by atoms with E-state index in [9.17, 15) is 9.59 Å². The monoisotopic (exact) mass is 350 g/mol. The molecule has 0 spiro atoms. The van der Waals surface area contributed by atoms with Gasteiger partial charge in [0.2, 0.25) is 5.91 Å². The van der Waals surface area contributed by atoms with E-state index in [0.717, 1.165) is 24.3 Å². The van der Waals surface area contributed by atoms with Crippen molar-refractivity contribution in [1.82, 2.24) is 20.6 Å². The van der Waals surface area contributed by atoms with Crippen molar-refractivity contribution in [3.05, 3.63) is 60.0 Å². The minimum atomic E-state index is -0.440. The number of nitrogens with zero attached hydrogens (tertiary/aromatic N) is 2. The molecule has 3 aromatic rings. The van der Waals surface area contributed by atoms with Crippen LogP contribution in [-0.4, -0.2) is 21.6 Å². The van der Waals surface area contributed by atoms with Crippen molar-refractivity contribution >= 4 is 11.8 Å². The Balaban J connectivity index is 1.65. The molecule has 0 unspecified atom stereocenters. The third-order valence-electron chi connectivity index (χ3n) is 4.20. The Morgan fingerprint density at radius 1 is 1.12 bits per heavy atom. The molecule has 0 atom stereocenters. The third-order valence-corrected chi connectivity index (χ3v) is 4.20. The molecule has 2 aromatic heterocycles. The molecule has 1 saturated carbocycles. The van der Waals surface area contributed by atoms with Crippen molar-refractivity contribution in [2.45, 2.75) is 19.8 Å². The number of furan rings is 1. The van der Waals surface area contributed by atoms with E-state index in [4.69, 9.17) is 4.42 Å². The first-order valence-electron chi connectivity index (χ1n) is 8.44. The normalized spacial score (nSPS) is 13.4. The first kappa shape index (κ1) is 16.1. The van der Waals surface area contributed by atoms with Gasteiger partial charge >= 0.3 is 0 Å². The molecule has 4 rings (SSSR count). The minimum absolute atomic E-state index is 0.00883. The van der Waals surface area contributed by atoms with Gasteiger partial charge in [-0.2, -0.15) is 5.10 Å². The summed E-state index contributed by atoms with van der Waals surface area (Å²) in [5.74, 6) is 0.627. The quantitative estimate of drug-likeness (QED) is 0.708. The number of hydrogen-bond donors (Lipinski definition) is 2. The summed E-state index contributed by atoms with van der Waals surface area (Å²) in [6.45, 7) is 1.83. The Hall–Kier alpha value is -3.35. The van der Waals surface area contributed by atoms with Gasteiger partial charge in [-0.15, -0.1) is 0 Å². The molecule has 7 heteroatoms. The van der Waals surface area contributed by atoms with Crippen molar-refractivity contribution in [2.75, 3.05) is 0 Å². The Labute approximate surface area is 150 Å². The lowest BCUT2D eigenvalue weighted by Crippen LogP contribution is -2.42. The topological polar surface area (TPSA) is 89.2 Å². The molecule has 1 aliphatic rings. The van der Waals surface area contributed by atoms with Crippen LogP contribution >= 0.6 is 0 Å². The van der Waals surface area contributed by atoms with Gasteiger partial charge in [-0.25, -0.2) is 4.68 Å². The van der Waals surface area contributed by atoms with Gasteiger partial charge in [-0.3, -0.25) is 20.4 Å². The molecule has 2 amide bonds. The number of amides is 2. The number of aryl methyl sites for hydroxylation is 1. The Morgan fingerprint density at radius 2 is 1.88 bits per heavy atom. The summed E-state index contributed by atoms with van der Waals surface area (Å²) >= 11 is 0. The number of aromatic nitrogens is 2. The van der Waals surface area contributed by atoms with Crippen LogP contribution in [0.4, 0.5) is 0 Å². The van der Waals surface area contributed by atoms with Gasteiger partial charge in [0.05, 0.1) is 11.3 Å². The van der Waals surface area contributed by atoms with Crippen LogP contribution in [0.3, 0.4) is 0 Å². The average Bonchev–Trinajstić information content (AvgIpc) is 3.27. The Kier molecular flexibility index (Phi) is 4.04. The van der Waals surface area contributed by atoms with Gasteiger partial charge in [0, 0.05) is 12.1 Å². The van der Waals surface area contributed by atoms with Gasteiger partial charge in [0.15, 0.2) is 5.76 Å². The first-order valence-corrected chi connectivity index (χ1v) is 8.44. The zero-order valence-corrected chi connectivity index (χ0v) is 14.2. The van der Waals surface area contributed by atoms with Gasteiger partial charge in [0.1, 0.15) is 11.5 Å². The molecular weight excluding hydrogens is 332 g/mol. The lowest BCUT2D eigenvalue weighted by atomic mass is 10.2. The van der Waals surface area contributed by atoms with E-state index in [1.807, 2.05) is 43.3 Å². The third kappa shape index (κ3) is 3.23. The number of nitrogens with one attached hydrogen (secondary N) is 2. The maximum Gasteiger partial charge on any atom is 0.273 e. The number of carbonyl (C=O) groups is 2. The van der Waals surface area contributed by atoms with E-state index in [1.165, 1.54) is 0 Å². The minimum Gasteiger partial charge on any atom is -0.460 e. The summed E-state index contributed by atoms with van der Waals surface area (Å²) < 4.78 is 7.26. The standard InChI is InChI=1S/C19H18N4O3/c1-12-7-10-16(26-12)17-15(19(25)21-20-18(24)13-8-9-13)11-23(22-17)14-5-3-2-4-6-14/h2-7,10-11,13H,8-9H2,1H3,(H,20,24)(H,21,25). The molecule has 2 heterocycles. The highest BCUT2D eigenvalue weighted by molar-refractivity contribution is 6.00. The van der Waals surface area contributed by atoms with Gasteiger partial charge < -0.3 is 4.42 Å². The molecule has 2 N–H and O–H groups in total. The molecule has 1 aliphatic carbocycles. The zero-order valence-electron chi connectivity index (χ0n) is 14.2. The van der Waals surface area contributed by atoms with E-state index in [-0.39, 0.29) is 11.8 Å². The van der Waals surface area contributed by atoms with Crippen molar-refractivity contribution in [1.29, 1.82) is 0 Å². The van der Waals surface area contributed by atoms with Crippen molar-refractivity contribution in [3.8, 4) is 17.1 Å². The second-order valence-corrected chi connectivity index (χ2v) is 6.30. The highest BCUT2D eigenvalue weighted by Crippen LogP contribution is 2.28. The largest absolute Gasteiger partial charge is 0.460 e. The molecule has 0 aliphatic heterocycles. The second kappa shape index (κ2) is 6.51. The van der Waals surface area contributed by atoms with Crippen LogP contribution in [0.15, 0.2) is 53.1 Å². The zero-order chi connectivity index (χ0) is 18.1. The number of rotatable bonds is 4. The van der Waals surface area contributed by atoms with E-state index in [1.54, 1.807) is 16.9 Å². The van der Waals surface area contributed by atoms with Crippen LogP contribution < -0.4 is 10.9 Å². The fraction of sp³-hybridized carbons (Fsp3) is 0.211. The number of benzene rings is 1. The van der Waals surface area contributed by atoms with E-state index < -0.39 is 5.91 Å². The Bertz CT molecular complexity index is 954. The van der Waals surface area contributed by atoms with Crippen LogP contribution in [0, 0.1) is 12.8 Å². The van der Waals surface area contributed by atoms with Crippen LogP contribution in [0.1, 0.15) is 29.0 Å². The molecule has 0 radical (unpaired) electrons. The van der Waals surface area contributed by atoms with Crippen molar-refractivity contribution < 1.29 is 14.0 Å². The molecule has 0 saturated heterocycles. The number of hydrazine groups is 1. The number of para-hydroxylation sites is 1. The number of hydrogen-bond acceptors (Lipinski definition) is 4. The van der Waals surface area contributed by atoms with Gasteiger partial charge in [-0.05, 0) is 44.0 Å². The fourth-order valence-electron chi connectivity index (χ4n) is 2.63. The molecule has 1 fully saturated rings. The molecule has 0 bridgehead atoms. The maximum atomic E-state index is 12.6. The summed E-state index contributed by atoms with van der Waals surface area (Å²) in [7, 11) is 0. The molecular formula is C19H18N4O3. The van der Waals surface area contributed by atoms with Crippen LogP contribution in [0.5, 0.6) is 0 Å². The summed E-state index contributed by atoms with van der Waals surface area (Å²) in [5.41, 5.74) is 6.49. The molecule has 7 nitrogen and oxygen atoms in total. The predicted molar refractivity (Wildman–Crippen MR) is 94.3 cm³/mol. The summed E-state index contributed by atoms with van der Waals surface area (Å²) in [4.78, 5) is 24.4. The summed E-state index contributed by atoms with van der Waals surface area (Å²) in [6, 6.07) is 13.1. The predicted octanol–water partition coefficient (Wildman–Crippen LogP) is 2.61. The average molecular weight is 350 g/mol. The highest BCUT2D eigenvalue weighted by Gasteiger charge is 2.30. The lowest BCUT2D eigenvalue weighted by molar-refractivity contribution is -0.123. The van der Waals surface area contributed by atoms with Crippen molar-refractivity contribution in [2.24, 2.45) is 5.92 Å². The molecule has 132 valence electrons. The van der Waals surface area contributed by atoms with Gasteiger partial charge in [-0.1, -0.05) is 18.2 Å². The SMILES string of the molecule is Cc1ccc(-c2nn(-c3ccccc3)cc2C(=O)NNC(=O)C2CC2)o1. The van der Waals surface area contributed by atoms with Crippen molar-refractivity contribution in [3.63, 3.8) is 0 Å². The number of carbonyl (C=O) groups excluding carboxylic acids is 2. The summed E-state index contributed by atoms with van der Waals surface area (Å²) in [5, 5.41) is 4.51. The highest BCUT2D eigenvalue weighted by atomic mass is 16.3. The smallest absolute Gasteiger partial charge is 0.273 e. The molecule has 26 heavy (non-hydrogen) atoms. The maximum absolute atomic E-state index is 12.6. The second-order valence-electron chi connectivity index (χ2n) is 6.30. The van der Waals surface area contributed by atoms with Crippen LogP contribution in [0.25, 0.3) is 17.1 Å². The summed E-state index contributed by atoms with van der Waals surface area (Å²) in [6.07, 6.45) is 3.36. The van der Waals surface area contributed by atoms with Crippen LogP contribution in [-0.2, 0) is 4.79 Å². The van der Waals surface area contributed by atoms with E-state index in [2.05, 4.69) is 16.0 Å². The van der Waals surface area contributed by atoms with E-state index >= 15 is 0 Å².